The van der Waals surface area contributed by atoms with Crippen LogP contribution in [0.2, 0.25) is 0 Å². The van der Waals surface area contributed by atoms with Gasteiger partial charge in [0.25, 0.3) is 0 Å². The van der Waals surface area contributed by atoms with Crippen LogP contribution in [-0.4, -0.2) is 17.5 Å². The Balaban J connectivity index is 2.14. The molecule has 0 aliphatic rings. The van der Waals surface area contributed by atoms with Crippen LogP contribution in [0.1, 0.15) is 5.56 Å². The van der Waals surface area contributed by atoms with E-state index >= 15 is 0 Å². The minimum atomic E-state index is -5.02. The number of alkyl halides is 3. The lowest BCUT2D eigenvalue weighted by molar-refractivity contribution is -0.274. The number of anilines is 2. The molecule has 2 rings (SSSR count). The van der Waals surface area contributed by atoms with Crippen molar-refractivity contribution < 1.29 is 36.6 Å². The number of halogens is 5. The molecule has 5 nitrogen and oxygen atoms in total. The van der Waals surface area contributed by atoms with Crippen LogP contribution in [0.5, 0.6) is 5.75 Å². The summed E-state index contributed by atoms with van der Waals surface area (Å²) < 4.78 is 66.9. The minimum absolute atomic E-state index is 0.0526. The van der Waals surface area contributed by atoms with Crippen molar-refractivity contribution in [3.05, 3.63) is 53.6 Å². The molecule has 0 radical (unpaired) electrons. The van der Waals surface area contributed by atoms with Crippen molar-refractivity contribution >= 4 is 17.4 Å². The summed E-state index contributed by atoms with van der Waals surface area (Å²) in [5, 5.41) is 13.4. The number of benzene rings is 2. The molecule has 0 fully saturated rings. The van der Waals surface area contributed by atoms with E-state index in [0.717, 1.165) is 18.2 Å². The zero-order chi connectivity index (χ0) is 18.6. The predicted octanol–water partition coefficient (Wildman–Crippen LogP) is 4.00. The van der Waals surface area contributed by atoms with Gasteiger partial charge in [-0.05, 0) is 18.2 Å². The number of nitrogens with one attached hydrogen (secondary N) is 2. The quantitative estimate of drug-likeness (QED) is 0.720. The first-order valence-electron chi connectivity index (χ1n) is 6.70. The fourth-order valence-electron chi connectivity index (χ4n) is 1.95. The molecule has 0 spiro atoms. The molecule has 10 heteroatoms. The highest BCUT2D eigenvalue weighted by Crippen LogP contribution is 2.27. The maximum Gasteiger partial charge on any atom is 0.573 e. The van der Waals surface area contributed by atoms with Crippen molar-refractivity contribution in [3.63, 3.8) is 0 Å². The Labute approximate surface area is 138 Å². The summed E-state index contributed by atoms with van der Waals surface area (Å²) in [4.78, 5) is 11.9. The van der Waals surface area contributed by atoms with Crippen LogP contribution in [0.3, 0.4) is 0 Å². The van der Waals surface area contributed by atoms with E-state index in [1.54, 1.807) is 0 Å². The molecule has 0 heterocycles. The van der Waals surface area contributed by atoms with Crippen LogP contribution in [0, 0.1) is 11.6 Å². The minimum Gasteiger partial charge on any atom is -0.406 e. The topological polar surface area (TPSA) is 70.6 Å². The fraction of sp³-hybridized carbons (Fsp3) is 0.133. The van der Waals surface area contributed by atoms with Gasteiger partial charge in [0.2, 0.25) is 0 Å². The summed E-state index contributed by atoms with van der Waals surface area (Å²) in [7, 11) is 0. The Hall–Kier alpha value is -2.88. The number of hydrogen-bond acceptors (Lipinski definition) is 3. The Morgan fingerprint density at radius 3 is 2.48 bits per heavy atom. The second kappa shape index (κ2) is 7.34. The van der Waals surface area contributed by atoms with E-state index in [9.17, 15) is 26.7 Å². The van der Waals surface area contributed by atoms with Crippen LogP contribution < -0.4 is 15.4 Å². The van der Waals surface area contributed by atoms with Gasteiger partial charge in [-0.15, -0.1) is 13.2 Å². The molecule has 2 aromatic carbocycles. The van der Waals surface area contributed by atoms with Gasteiger partial charge in [0.15, 0.2) is 0 Å². The largest absolute Gasteiger partial charge is 0.573 e. The highest BCUT2D eigenvalue weighted by atomic mass is 19.4. The lowest BCUT2D eigenvalue weighted by atomic mass is 10.2. The molecule has 0 bridgehead atoms. The number of aliphatic hydroxyl groups excluding tert-OH is 1. The van der Waals surface area contributed by atoms with E-state index in [-0.39, 0.29) is 16.9 Å². The van der Waals surface area contributed by atoms with E-state index < -0.39 is 36.4 Å². The van der Waals surface area contributed by atoms with Gasteiger partial charge in [0, 0.05) is 23.4 Å². The first kappa shape index (κ1) is 18.5. The Morgan fingerprint density at radius 2 is 1.84 bits per heavy atom. The first-order valence-corrected chi connectivity index (χ1v) is 6.70. The molecule has 0 aliphatic carbocycles. The number of ether oxygens (including phenoxy) is 1. The summed E-state index contributed by atoms with van der Waals surface area (Å²) in [5.41, 5.74) is -0.556. The zero-order valence-corrected chi connectivity index (χ0v) is 12.3. The number of urea groups is 1. The molecular weight excluding hydrogens is 351 g/mol. The standard InChI is InChI=1S/C15H11F5N2O3/c16-8-4-9(6-10(5-8)25-15(18,19)20)21-14(24)22-13-3-1-2-12(17)11(13)7-23/h1-6,23H,7H2,(H2,21,22,24). The number of aliphatic hydroxyl groups is 1. The van der Waals surface area contributed by atoms with Crippen molar-refractivity contribution in [1.29, 1.82) is 0 Å². The molecule has 25 heavy (non-hydrogen) atoms. The Bertz CT molecular complexity index is 780. The van der Waals surface area contributed by atoms with Gasteiger partial charge in [-0.1, -0.05) is 6.07 Å². The van der Waals surface area contributed by atoms with Crippen molar-refractivity contribution in [2.24, 2.45) is 0 Å². The van der Waals surface area contributed by atoms with Crippen molar-refractivity contribution in [2.45, 2.75) is 13.0 Å². The van der Waals surface area contributed by atoms with Crippen LogP contribution >= 0.6 is 0 Å². The van der Waals surface area contributed by atoms with E-state index in [2.05, 4.69) is 15.4 Å². The third-order valence-corrected chi connectivity index (χ3v) is 2.89. The maximum atomic E-state index is 13.5. The number of carbonyl (C=O) groups is 1. The van der Waals surface area contributed by atoms with Gasteiger partial charge >= 0.3 is 12.4 Å². The highest BCUT2D eigenvalue weighted by molar-refractivity contribution is 6.00. The molecule has 0 unspecified atom stereocenters. The van der Waals surface area contributed by atoms with E-state index in [1.807, 2.05) is 0 Å². The molecule has 0 saturated carbocycles. The first-order chi connectivity index (χ1) is 11.7. The number of carbonyl (C=O) groups excluding carboxylic acids is 1. The summed E-state index contributed by atoms with van der Waals surface area (Å²) in [6, 6.07) is 4.69. The lowest BCUT2D eigenvalue weighted by Crippen LogP contribution is -2.21. The van der Waals surface area contributed by atoms with Crippen LogP contribution in [0.4, 0.5) is 38.1 Å². The molecule has 134 valence electrons. The average Bonchev–Trinajstić information content (AvgIpc) is 2.44. The summed E-state index contributed by atoms with van der Waals surface area (Å²) in [6.45, 7) is -0.689. The maximum absolute atomic E-state index is 13.5. The van der Waals surface area contributed by atoms with Crippen LogP contribution in [0.25, 0.3) is 0 Å². The van der Waals surface area contributed by atoms with Crippen molar-refractivity contribution in [1.82, 2.24) is 0 Å². The number of hydrogen-bond donors (Lipinski definition) is 3. The fourth-order valence-corrected chi connectivity index (χ4v) is 1.95. The van der Waals surface area contributed by atoms with E-state index in [0.29, 0.717) is 6.07 Å². The summed E-state index contributed by atoms with van der Waals surface area (Å²) in [5.74, 6) is -2.68. The van der Waals surface area contributed by atoms with E-state index in [4.69, 9.17) is 5.11 Å². The number of amides is 2. The smallest absolute Gasteiger partial charge is 0.406 e. The SMILES string of the molecule is O=C(Nc1cc(F)cc(OC(F)(F)F)c1)Nc1cccc(F)c1CO. The molecule has 3 N–H and O–H groups in total. The average molecular weight is 362 g/mol. The van der Waals surface area contributed by atoms with Crippen molar-refractivity contribution in [2.75, 3.05) is 10.6 Å². The molecule has 2 amide bonds. The molecule has 0 aromatic heterocycles. The third-order valence-electron chi connectivity index (χ3n) is 2.89. The van der Waals surface area contributed by atoms with Crippen molar-refractivity contribution in [3.8, 4) is 5.75 Å². The van der Waals surface area contributed by atoms with Gasteiger partial charge in [0.05, 0.1) is 12.3 Å². The Kier molecular flexibility index (Phi) is 5.42. The molecule has 0 atom stereocenters. The van der Waals surface area contributed by atoms with Crippen LogP contribution in [0.15, 0.2) is 36.4 Å². The monoisotopic (exact) mass is 362 g/mol. The second-order valence-corrected chi connectivity index (χ2v) is 4.73. The number of rotatable bonds is 4. The van der Waals surface area contributed by atoms with Gasteiger partial charge in [0.1, 0.15) is 17.4 Å². The normalized spacial score (nSPS) is 11.1. The van der Waals surface area contributed by atoms with Gasteiger partial charge < -0.3 is 20.5 Å². The molecule has 2 aromatic rings. The van der Waals surface area contributed by atoms with E-state index in [1.165, 1.54) is 12.1 Å². The van der Waals surface area contributed by atoms with Gasteiger partial charge in [-0.3, -0.25) is 0 Å². The summed E-state index contributed by atoms with van der Waals surface area (Å²) >= 11 is 0. The molecular formula is C15H11F5N2O3. The van der Waals surface area contributed by atoms with Gasteiger partial charge in [-0.25, -0.2) is 13.6 Å². The molecule has 0 saturated heterocycles. The third kappa shape index (κ3) is 5.31. The second-order valence-electron chi connectivity index (χ2n) is 4.73. The summed E-state index contributed by atoms with van der Waals surface area (Å²) in [6.07, 6.45) is -5.02. The lowest BCUT2D eigenvalue weighted by Gasteiger charge is -2.13. The Morgan fingerprint density at radius 1 is 1.12 bits per heavy atom. The highest BCUT2D eigenvalue weighted by Gasteiger charge is 2.31. The zero-order valence-electron chi connectivity index (χ0n) is 12.3. The predicted molar refractivity (Wildman–Crippen MR) is 78.0 cm³/mol. The van der Waals surface area contributed by atoms with Gasteiger partial charge in [-0.2, -0.15) is 0 Å². The van der Waals surface area contributed by atoms with Crippen LogP contribution in [-0.2, 0) is 6.61 Å². The molecule has 0 aliphatic heterocycles.